The van der Waals surface area contributed by atoms with Crippen molar-refractivity contribution >= 4 is 17.4 Å². The number of amides is 1. The highest BCUT2D eigenvalue weighted by atomic mass is 19.1. The second-order valence-electron chi connectivity index (χ2n) is 5.38. The number of benzene rings is 1. The predicted molar refractivity (Wildman–Crippen MR) is 71.4 cm³/mol. The van der Waals surface area contributed by atoms with Gasteiger partial charge in [-0.2, -0.15) is 0 Å². The van der Waals surface area contributed by atoms with Crippen molar-refractivity contribution in [3.05, 3.63) is 29.1 Å². The number of carbonyl (C=O) groups is 2. The number of carbonyl (C=O) groups excluding carboxylic acids is 2. The number of nitrogens with zero attached hydrogens (tertiary/aromatic N) is 1. The van der Waals surface area contributed by atoms with Crippen molar-refractivity contribution in [1.29, 1.82) is 0 Å². The monoisotopic (exact) mass is 277 g/mol. The summed E-state index contributed by atoms with van der Waals surface area (Å²) in [4.78, 5) is 25.2. The maximum absolute atomic E-state index is 14.1. The number of ketones is 1. The number of anilines is 1. The second-order valence-corrected chi connectivity index (χ2v) is 5.38. The van der Waals surface area contributed by atoms with E-state index in [0.29, 0.717) is 12.2 Å². The lowest BCUT2D eigenvalue weighted by Crippen LogP contribution is -2.39. The van der Waals surface area contributed by atoms with Crippen molar-refractivity contribution in [2.24, 2.45) is 0 Å². The number of fused-ring (bicyclic) bond motifs is 1. The van der Waals surface area contributed by atoms with Gasteiger partial charge in [0.05, 0.1) is 23.9 Å². The Hall–Kier alpha value is -1.75. The standard InChI is InChI=1S/C15H16FNO3/c1-9-6-11-13(12(16)7-9)17(15(19)14(11)18)8-10-4-2-3-5-20-10/h6-7,10H,2-5,8H2,1H3. The van der Waals surface area contributed by atoms with Crippen LogP contribution in [-0.4, -0.2) is 30.9 Å². The van der Waals surface area contributed by atoms with Crippen LogP contribution in [0, 0.1) is 12.7 Å². The topological polar surface area (TPSA) is 46.6 Å². The number of ether oxygens (including phenoxy) is 1. The van der Waals surface area contributed by atoms with E-state index in [1.807, 2.05) is 0 Å². The van der Waals surface area contributed by atoms with Crippen LogP contribution in [-0.2, 0) is 9.53 Å². The first-order chi connectivity index (χ1) is 9.58. The molecule has 0 spiro atoms. The van der Waals surface area contributed by atoms with Crippen molar-refractivity contribution < 1.29 is 18.7 Å². The smallest absolute Gasteiger partial charge is 0.299 e. The van der Waals surface area contributed by atoms with Crippen LogP contribution < -0.4 is 4.90 Å². The van der Waals surface area contributed by atoms with Gasteiger partial charge in [0, 0.05) is 6.61 Å². The minimum absolute atomic E-state index is 0.111. The molecule has 1 saturated heterocycles. The van der Waals surface area contributed by atoms with Gasteiger partial charge >= 0.3 is 0 Å². The van der Waals surface area contributed by atoms with E-state index in [4.69, 9.17) is 4.74 Å². The SMILES string of the molecule is Cc1cc(F)c2c(c1)C(=O)C(=O)N2CC1CCCCO1. The van der Waals surface area contributed by atoms with Crippen molar-refractivity contribution in [2.75, 3.05) is 18.1 Å². The molecule has 4 nitrogen and oxygen atoms in total. The molecule has 0 N–H and O–H groups in total. The Morgan fingerprint density at radius 1 is 1.35 bits per heavy atom. The van der Waals surface area contributed by atoms with E-state index in [-0.39, 0.29) is 23.9 Å². The maximum Gasteiger partial charge on any atom is 0.299 e. The zero-order chi connectivity index (χ0) is 14.3. The van der Waals surface area contributed by atoms with E-state index in [1.165, 1.54) is 11.0 Å². The van der Waals surface area contributed by atoms with Crippen LogP contribution in [0.5, 0.6) is 0 Å². The lowest BCUT2D eigenvalue weighted by atomic mass is 10.1. The molecule has 5 heteroatoms. The molecule has 1 atom stereocenters. The number of halogens is 1. The van der Waals surface area contributed by atoms with E-state index in [0.717, 1.165) is 19.3 Å². The summed E-state index contributed by atoms with van der Waals surface area (Å²) in [6.45, 7) is 2.61. The third-order valence-corrected chi connectivity index (χ3v) is 3.82. The summed E-state index contributed by atoms with van der Waals surface area (Å²) in [7, 11) is 0. The molecule has 20 heavy (non-hydrogen) atoms. The normalized spacial score (nSPS) is 22.3. The average Bonchev–Trinajstić information content (AvgIpc) is 2.65. The Balaban J connectivity index is 1.93. The Labute approximate surface area is 116 Å². The van der Waals surface area contributed by atoms with Crippen molar-refractivity contribution in [2.45, 2.75) is 32.3 Å². The van der Waals surface area contributed by atoms with E-state index in [2.05, 4.69) is 0 Å². The van der Waals surface area contributed by atoms with Crippen molar-refractivity contribution in [3.63, 3.8) is 0 Å². The predicted octanol–water partition coefficient (Wildman–Crippen LogP) is 2.23. The summed E-state index contributed by atoms with van der Waals surface area (Å²) in [5.41, 5.74) is 0.918. The molecule has 0 bridgehead atoms. The molecule has 1 amide bonds. The highest BCUT2D eigenvalue weighted by molar-refractivity contribution is 6.52. The zero-order valence-corrected chi connectivity index (χ0v) is 11.3. The fraction of sp³-hybridized carbons (Fsp3) is 0.467. The summed E-state index contributed by atoms with van der Waals surface area (Å²) in [5.74, 6) is -1.80. The highest BCUT2D eigenvalue weighted by Crippen LogP contribution is 2.33. The summed E-state index contributed by atoms with van der Waals surface area (Å²) < 4.78 is 19.7. The molecule has 2 heterocycles. The molecule has 0 aromatic heterocycles. The summed E-state index contributed by atoms with van der Waals surface area (Å²) in [5, 5.41) is 0. The third-order valence-electron chi connectivity index (χ3n) is 3.82. The van der Waals surface area contributed by atoms with Crippen molar-refractivity contribution in [1.82, 2.24) is 0 Å². The van der Waals surface area contributed by atoms with E-state index < -0.39 is 17.5 Å². The Morgan fingerprint density at radius 3 is 2.85 bits per heavy atom. The van der Waals surface area contributed by atoms with Gasteiger partial charge in [0.2, 0.25) is 0 Å². The number of aryl methyl sites for hydroxylation is 1. The first-order valence-corrected chi connectivity index (χ1v) is 6.86. The Bertz CT molecular complexity index is 579. The molecule has 2 aliphatic heterocycles. The lowest BCUT2D eigenvalue weighted by Gasteiger charge is -2.27. The maximum atomic E-state index is 14.1. The van der Waals surface area contributed by atoms with Gasteiger partial charge in [-0.3, -0.25) is 14.5 Å². The zero-order valence-electron chi connectivity index (χ0n) is 11.3. The van der Waals surface area contributed by atoms with Crippen LogP contribution in [0.1, 0.15) is 35.2 Å². The van der Waals surface area contributed by atoms with Gasteiger partial charge in [0.25, 0.3) is 11.7 Å². The van der Waals surface area contributed by atoms with E-state index in [9.17, 15) is 14.0 Å². The van der Waals surface area contributed by atoms with Gasteiger partial charge < -0.3 is 4.74 Å². The molecule has 106 valence electrons. The largest absolute Gasteiger partial charge is 0.376 e. The fourth-order valence-electron chi connectivity index (χ4n) is 2.85. The highest BCUT2D eigenvalue weighted by Gasteiger charge is 2.39. The minimum Gasteiger partial charge on any atom is -0.376 e. The number of Topliss-reactive ketones (excluding diaryl/α,β-unsaturated/α-hetero) is 1. The second kappa shape index (κ2) is 4.98. The summed E-state index contributed by atoms with van der Waals surface area (Å²) in [6, 6.07) is 2.92. The Kier molecular flexibility index (Phi) is 3.30. The third kappa shape index (κ3) is 2.12. The van der Waals surface area contributed by atoms with Gasteiger partial charge in [0.15, 0.2) is 0 Å². The molecule has 1 fully saturated rings. The molecule has 0 aliphatic carbocycles. The van der Waals surface area contributed by atoms with Crippen molar-refractivity contribution in [3.8, 4) is 0 Å². The van der Waals surface area contributed by atoms with Gasteiger partial charge in [0.1, 0.15) is 5.82 Å². The first kappa shape index (κ1) is 13.2. The lowest BCUT2D eigenvalue weighted by molar-refractivity contribution is -0.114. The molecule has 1 aromatic rings. The van der Waals surface area contributed by atoms with Crippen LogP contribution in [0.4, 0.5) is 10.1 Å². The first-order valence-electron chi connectivity index (χ1n) is 6.86. The molecular formula is C15H16FNO3. The van der Waals surface area contributed by atoms with Gasteiger partial charge in [-0.15, -0.1) is 0 Å². The van der Waals surface area contributed by atoms with Gasteiger partial charge in [-0.25, -0.2) is 4.39 Å². The molecular weight excluding hydrogens is 261 g/mol. The van der Waals surface area contributed by atoms with Crippen LogP contribution in [0.2, 0.25) is 0 Å². The average molecular weight is 277 g/mol. The van der Waals surface area contributed by atoms with E-state index >= 15 is 0 Å². The number of rotatable bonds is 2. The fourth-order valence-corrected chi connectivity index (χ4v) is 2.85. The van der Waals surface area contributed by atoms with Gasteiger partial charge in [-0.1, -0.05) is 0 Å². The van der Waals surface area contributed by atoms with Crippen LogP contribution in [0.25, 0.3) is 0 Å². The number of hydrogen-bond donors (Lipinski definition) is 0. The number of hydrogen-bond acceptors (Lipinski definition) is 3. The molecule has 1 aromatic carbocycles. The Morgan fingerprint density at radius 2 is 2.15 bits per heavy atom. The summed E-state index contributed by atoms with van der Waals surface area (Å²) >= 11 is 0. The van der Waals surface area contributed by atoms with E-state index in [1.54, 1.807) is 13.0 Å². The molecule has 3 rings (SSSR count). The van der Waals surface area contributed by atoms with Crippen LogP contribution in [0.3, 0.4) is 0 Å². The molecule has 1 unspecified atom stereocenters. The quantitative estimate of drug-likeness (QED) is 0.779. The van der Waals surface area contributed by atoms with Crippen LogP contribution >= 0.6 is 0 Å². The summed E-state index contributed by atoms with van der Waals surface area (Å²) in [6.07, 6.45) is 2.75. The molecule has 0 radical (unpaired) electrons. The minimum atomic E-state index is -0.654. The van der Waals surface area contributed by atoms with Crippen LogP contribution in [0.15, 0.2) is 12.1 Å². The molecule has 0 saturated carbocycles. The van der Waals surface area contributed by atoms with Gasteiger partial charge in [-0.05, 0) is 43.9 Å². The molecule has 2 aliphatic rings.